The van der Waals surface area contributed by atoms with Crippen LogP contribution in [0.4, 0.5) is 0 Å². The molecule has 0 saturated carbocycles. The molecular formula is C20H22O5. The van der Waals surface area contributed by atoms with E-state index in [1.807, 2.05) is 37.3 Å². The van der Waals surface area contributed by atoms with Crippen LogP contribution in [-0.4, -0.2) is 23.3 Å². The van der Waals surface area contributed by atoms with Crippen LogP contribution in [0.25, 0.3) is 0 Å². The van der Waals surface area contributed by atoms with E-state index >= 15 is 0 Å². The van der Waals surface area contributed by atoms with Crippen LogP contribution in [0.3, 0.4) is 0 Å². The summed E-state index contributed by atoms with van der Waals surface area (Å²) < 4.78 is 11.1. The van der Waals surface area contributed by atoms with Crippen molar-refractivity contribution in [2.24, 2.45) is 0 Å². The Kier molecular flexibility index (Phi) is 6.57. The Labute approximate surface area is 147 Å². The number of carbonyl (C=O) groups is 2. The molecule has 0 aliphatic heterocycles. The molecule has 5 heteroatoms. The maximum atomic E-state index is 12.3. The van der Waals surface area contributed by atoms with Crippen LogP contribution >= 0.6 is 0 Å². The van der Waals surface area contributed by atoms with Crippen molar-refractivity contribution in [3.8, 4) is 17.2 Å². The highest BCUT2D eigenvalue weighted by Crippen LogP contribution is 2.35. The highest BCUT2D eigenvalue weighted by Gasteiger charge is 2.19. The van der Waals surface area contributed by atoms with Gasteiger partial charge in [0, 0.05) is 18.6 Å². The molecule has 1 N–H and O–H groups in total. The predicted molar refractivity (Wildman–Crippen MR) is 94.3 cm³/mol. The Morgan fingerprint density at radius 3 is 2.44 bits per heavy atom. The molecule has 0 aliphatic carbocycles. The van der Waals surface area contributed by atoms with E-state index in [-0.39, 0.29) is 41.7 Å². The zero-order valence-corrected chi connectivity index (χ0v) is 14.5. The van der Waals surface area contributed by atoms with Gasteiger partial charge in [-0.1, -0.05) is 37.3 Å². The fraction of sp³-hybridized carbons (Fsp3) is 0.300. The van der Waals surface area contributed by atoms with E-state index in [1.165, 1.54) is 19.1 Å². The molecular weight excluding hydrogens is 320 g/mol. The third-order valence-electron chi connectivity index (χ3n) is 3.49. The number of hydrogen-bond acceptors (Lipinski definition) is 5. The van der Waals surface area contributed by atoms with Crippen molar-refractivity contribution < 1.29 is 24.2 Å². The number of benzene rings is 2. The normalized spacial score (nSPS) is 10.3. The first-order valence-electron chi connectivity index (χ1n) is 8.20. The van der Waals surface area contributed by atoms with Crippen molar-refractivity contribution in [2.45, 2.75) is 33.3 Å². The molecule has 5 nitrogen and oxygen atoms in total. The molecule has 0 atom stereocenters. The van der Waals surface area contributed by atoms with E-state index in [4.69, 9.17) is 9.47 Å². The second kappa shape index (κ2) is 8.87. The minimum absolute atomic E-state index is 0.0927. The quantitative estimate of drug-likeness (QED) is 0.699. The summed E-state index contributed by atoms with van der Waals surface area (Å²) in [6.45, 7) is 3.41. The average Bonchev–Trinajstić information content (AvgIpc) is 2.59. The first-order valence-corrected chi connectivity index (χ1v) is 8.20. The third-order valence-corrected chi connectivity index (χ3v) is 3.49. The molecule has 2 rings (SSSR count). The highest BCUT2D eigenvalue weighted by molar-refractivity contribution is 6.01. The van der Waals surface area contributed by atoms with Crippen molar-refractivity contribution in [3.63, 3.8) is 0 Å². The lowest BCUT2D eigenvalue weighted by Gasteiger charge is -2.14. The summed E-state index contributed by atoms with van der Waals surface area (Å²) in [5.41, 5.74) is 1.06. The molecule has 2 aromatic carbocycles. The molecule has 0 aromatic heterocycles. The van der Waals surface area contributed by atoms with Gasteiger partial charge in [0.15, 0.2) is 11.6 Å². The average molecular weight is 342 g/mol. The van der Waals surface area contributed by atoms with Crippen LogP contribution in [0.2, 0.25) is 0 Å². The summed E-state index contributed by atoms with van der Waals surface area (Å²) in [4.78, 5) is 23.5. The van der Waals surface area contributed by atoms with E-state index in [0.717, 1.165) is 5.56 Å². The first-order chi connectivity index (χ1) is 12.0. The molecule has 0 amide bonds. The van der Waals surface area contributed by atoms with Gasteiger partial charge in [0.1, 0.15) is 36.0 Å². The second-order valence-electron chi connectivity index (χ2n) is 5.75. The van der Waals surface area contributed by atoms with Gasteiger partial charge in [-0.3, -0.25) is 9.59 Å². The predicted octanol–water partition coefficient (Wildman–Crippen LogP) is 3.92. The summed E-state index contributed by atoms with van der Waals surface area (Å²) >= 11 is 0. The van der Waals surface area contributed by atoms with Crippen LogP contribution in [0.1, 0.15) is 42.6 Å². The number of Topliss-reactive ketones (excluding diaryl/α,β-unsaturated/α-hetero) is 2. The molecule has 0 bridgehead atoms. The van der Waals surface area contributed by atoms with Gasteiger partial charge >= 0.3 is 0 Å². The van der Waals surface area contributed by atoms with Gasteiger partial charge in [0.25, 0.3) is 0 Å². The summed E-state index contributed by atoms with van der Waals surface area (Å²) in [7, 11) is 0. The van der Waals surface area contributed by atoms with Crippen LogP contribution in [-0.2, 0) is 11.4 Å². The number of phenols is 1. The zero-order valence-electron chi connectivity index (χ0n) is 14.5. The lowest BCUT2D eigenvalue weighted by Crippen LogP contribution is -2.11. The lowest BCUT2D eigenvalue weighted by molar-refractivity contribution is -0.118. The minimum Gasteiger partial charge on any atom is -0.507 e. The fourth-order valence-corrected chi connectivity index (χ4v) is 2.33. The number of phenolic OH excluding ortho intramolecular Hbond substituents is 1. The SMILES string of the molecule is CCCC(=O)c1c(O)cc(OCc2ccccc2)cc1OCC(C)=O. The van der Waals surface area contributed by atoms with Crippen LogP contribution in [0.15, 0.2) is 42.5 Å². The maximum Gasteiger partial charge on any atom is 0.170 e. The third kappa shape index (κ3) is 5.35. The lowest BCUT2D eigenvalue weighted by atomic mass is 10.0. The van der Waals surface area contributed by atoms with E-state index < -0.39 is 0 Å². The van der Waals surface area contributed by atoms with E-state index in [0.29, 0.717) is 18.8 Å². The van der Waals surface area contributed by atoms with Crippen molar-refractivity contribution in [2.75, 3.05) is 6.61 Å². The monoisotopic (exact) mass is 342 g/mol. The van der Waals surface area contributed by atoms with Gasteiger partial charge in [-0.2, -0.15) is 0 Å². The summed E-state index contributed by atoms with van der Waals surface area (Å²) in [5.74, 6) is -0.0793. The summed E-state index contributed by atoms with van der Waals surface area (Å²) in [5, 5.41) is 10.3. The van der Waals surface area contributed by atoms with Crippen LogP contribution in [0, 0.1) is 0 Å². The van der Waals surface area contributed by atoms with Crippen LogP contribution in [0.5, 0.6) is 17.2 Å². The second-order valence-corrected chi connectivity index (χ2v) is 5.75. The number of ketones is 2. The van der Waals surface area contributed by atoms with Crippen molar-refractivity contribution in [1.29, 1.82) is 0 Å². The van der Waals surface area contributed by atoms with Gasteiger partial charge in [-0.15, -0.1) is 0 Å². The first kappa shape index (κ1) is 18.5. The topological polar surface area (TPSA) is 72.8 Å². The van der Waals surface area contributed by atoms with Crippen molar-refractivity contribution >= 4 is 11.6 Å². The van der Waals surface area contributed by atoms with Gasteiger partial charge in [-0.05, 0) is 18.9 Å². The van der Waals surface area contributed by atoms with Gasteiger partial charge in [0.05, 0.1) is 0 Å². The fourth-order valence-electron chi connectivity index (χ4n) is 2.33. The molecule has 25 heavy (non-hydrogen) atoms. The Morgan fingerprint density at radius 2 is 1.80 bits per heavy atom. The standard InChI is InChI=1S/C20H22O5/c1-3-7-17(22)20-18(23)10-16(11-19(20)25-12-14(2)21)24-13-15-8-5-4-6-9-15/h4-6,8-11,23H,3,7,12-13H2,1-2H3. The highest BCUT2D eigenvalue weighted by atomic mass is 16.5. The van der Waals surface area contributed by atoms with Crippen LogP contribution < -0.4 is 9.47 Å². The molecule has 132 valence electrons. The molecule has 0 aliphatic rings. The Balaban J connectivity index is 2.26. The molecule has 2 aromatic rings. The number of aromatic hydroxyl groups is 1. The molecule has 0 spiro atoms. The zero-order chi connectivity index (χ0) is 18.2. The Hall–Kier alpha value is -2.82. The number of carbonyl (C=O) groups excluding carboxylic acids is 2. The van der Waals surface area contributed by atoms with E-state index in [2.05, 4.69) is 0 Å². The largest absolute Gasteiger partial charge is 0.507 e. The summed E-state index contributed by atoms with van der Waals surface area (Å²) in [6, 6.07) is 12.5. The minimum atomic E-state index is -0.229. The van der Waals surface area contributed by atoms with E-state index in [9.17, 15) is 14.7 Å². The van der Waals surface area contributed by atoms with Gasteiger partial charge < -0.3 is 14.6 Å². The number of ether oxygens (including phenoxy) is 2. The van der Waals surface area contributed by atoms with Crippen molar-refractivity contribution in [1.82, 2.24) is 0 Å². The van der Waals surface area contributed by atoms with Gasteiger partial charge in [0.2, 0.25) is 0 Å². The molecule has 0 heterocycles. The Morgan fingerprint density at radius 1 is 1.08 bits per heavy atom. The number of hydrogen-bond donors (Lipinski definition) is 1. The van der Waals surface area contributed by atoms with Gasteiger partial charge in [-0.25, -0.2) is 0 Å². The Bertz CT molecular complexity index is 737. The van der Waals surface area contributed by atoms with Crippen molar-refractivity contribution in [3.05, 3.63) is 53.6 Å². The number of rotatable bonds is 9. The maximum absolute atomic E-state index is 12.3. The van der Waals surface area contributed by atoms with E-state index in [1.54, 1.807) is 0 Å². The molecule has 0 radical (unpaired) electrons. The molecule has 0 fully saturated rings. The smallest absolute Gasteiger partial charge is 0.170 e. The molecule has 0 saturated heterocycles. The molecule has 0 unspecified atom stereocenters. The summed E-state index contributed by atoms with van der Waals surface area (Å²) in [6.07, 6.45) is 0.935.